The fraction of sp³-hybridized carbons (Fsp3) is 0.176. The Morgan fingerprint density at radius 1 is 1.12 bits per heavy atom. The Kier molecular flexibility index (Phi) is 3.99. The molecule has 0 fully saturated rings. The maximum absolute atomic E-state index is 12.3. The molecule has 7 heteroatoms. The lowest BCUT2D eigenvalue weighted by Crippen LogP contribution is -2.19. The van der Waals surface area contributed by atoms with Crippen molar-refractivity contribution in [3.05, 3.63) is 69.5 Å². The monoisotopic (exact) mass is 323 g/mol. The zero-order valence-corrected chi connectivity index (χ0v) is 13.6. The number of nitrogens with one attached hydrogen (secondary N) is 2. The van der Waals surface area contributed by atoms with Crippen LogP contribution in [-0.2, 0) is 0 Å². The molecule has 0 aliphatic carbocycles. The van der Waals surface area contributed by atoms with Gasteiger partial charge in [0.05, 0.1) is 5.69 Å². The number of H-pyrrole nitrogens is 1. The van der Waals surface area contributed by atoms with E-state index in [9.17, 15) is 9.59 Å². The number of benzene rings is 1. The smallest absolute Gasteiger partial charge is 0.310 e. The van der Waals surface area contributed by atoms with E-state index in [-0.39, 0.29) is 11.5 Å². The Morgan fingerprint density at radius 2 is 1.83 bits per heavy atom. The average Bonchev–Trinajstić information content (AvgIpc) is 2.89. The molecule has 3 aromatic rings. The normalized spacial score (nSPS) is 10.6. The Morgan fingerprint density at radius 3 is 2.50 bits per heavy atom. The van der Waals surface area contributed by atoms with Crippen molar-refractivity contribution >= 4 is 11.7 Å². The minimum Gasteiger partial charge on any atom is -0.310 e. The van der Waals surface area contributed by atoms with Crippen molar-refractivity contribution in [3.8, 4) is 5.69 Å². The third-order valence-electron chi connectivity index (χ3n) is 3.52. The summed E-state index contributed by atoms with van der Waals surface area (Å²) in [6, 6.07) is 11.1. The summed E-state index contributed by atoms with van der Waals surface area (Å²) in [5.41, 5.74) is 3.23. The molecule has 122 valence electrons. The molecule has 2 heterocycles. The predicted molar refractivity (Wildman–Crippen MR) is 90.6 cm³/mol. The Hall–Kier alpha value is -3.22. The Labute approximate surface area is 138 Å². The number of aromatic nitrogens is 4. The van der Waals surface area contributed by atoms with Gasteiger partial charge in [0.15, 0.2) is 5.69 Å². The molecule has 0 radical (unpaired) electrons. The number of nitrogens with zero attached hydrogens (tertiary/aromatic N) is 3. The summed E-state index contributed by atoms with van der Waals surface area (Å²) in [6.45, 7) is 5.60. The quantitative estimate of drug-likeness (QED) is 0.772. The number of hydrogen-bond donors (Lipinski definition) is 2. The summed E-state index contributed by atoms with van der Waals surface area (Å²) in [5, 5.41) is 6.94. The second-order valence-corrected chi connectivity index (χ2v) is 5.63. The summed E-state index contributed by atoms with van der Waals surface area (Å²) in [7, 11) is 0. The Bertz CT molecular complexity index is 954. The lowest BCUT2D eigenvalue weighted by atomic mass is 10.2. The first kappa shape index (κ1) is 15.7. The maximum atomic E-state index is 12.3. The van der Waals surface area contributed by atoms with Gasteiger partial charge in [0.2, 0.25) is 0 Å². The van der Waals surface area contributed by atoms with Crippen LogP contribution in [0.25, 0.3) is 5.69 Å². The maximum Gasteiger partial charge on any atom is 0.347 e. The molecule has 7 nitrogen and oxygen atoms in total. The highest BCUT2D eigenvalue weighted by Gasteiger charge is 2.14. The van der Waals surface area contributed by atoms with Crippen LogP contribution < -0.4 is 11.0 Å². The molecule has 24 heavy (non-hydrogen) atoms. The highest BCUT2D eigenvalue weighted by molar-refractivity contribution is 6.02. The third kappa shape index (κ3) is 3.24. The van der Waals surface area contributed by atoms with Crippen LogP contribution in [0.2, 0.25) is 0 Å². The van der Waals surface area contributed by atoms with E-state index in [4.69, 9.17) is 0 Å². The van der Waals surface area contributed by atoms with Crippen LogP contribution in [0.5, 0.6) is 0 Å². The zero-order valence-electron chi connectivity index (χ0n) is 13.6. The van der Waals surface area contributed by atoms with Gasteiger partial charge in [-0.15, -0.1) is 0 Å². The standard InChI is InChI=1S/C17H17N5O2/c1-10-4-6-13(7-5-10)22-12(3)9-14(21-22)16(23)19-15-8-11(2)18-17(24)20-15/h4-9H,1-3H3,(H2,18,19,20,23,24). The van der Waals surface area contributed by atoms with Crippen molar-refractivity contribution in [2.75, 3.05) is 5.32 Å². The number of hydrogen-bond acceptors (Lipinski definition) is 4. The SMILES string of the molecule is Cc1ccc(-n2nc(C(=O)Nc3cc(C)[nH]c(=O)n3)cc2C)cc1. The zero-order chi connectivity index (χ0) is 17.3. The van der Waals surface area contributed by atoms with E-state index < -0.39 is 11.6 Å². The van der Waals surface area contributed by atoms with E-state index in [2.05, 4.69) is 20.4 Å². The molecule has 0 spiro atoms. The molecule has 1 amide bonds. The largest absolute Gasteiger partial charge is 0.347 e. The van der Waals surface area contributed by atoms with Gasteiger partial charge in [0, 0.05) is 17.5 Å². The lowest BCUT2D eigenvalue weighted by molar-refractivity contribution is 0.102. The molecule has 0 saturated carbocycles. The number of aryl methyl sites for hydroxylation is 3. The van der Waals surface area contributed by atoms with Gasteiger partial charge in [-0.3, -0.25) is 4.79 Å². The second kappa shape index (κ2) is 6.11. The first-order valence-corrected chi connectivity index (χ1v) is 7.45. The summed E-state index contributed by atoms with van der Waals surface area (Å²) in [6.07, 6.45) is 0. The summed E-state index contributed by atoms with van der Waals surface area (Å²) in [4.78, 5) is 30.0. The molecule has 0 atom stereocenters. The summed E-state index contributed by atoms with van der Waals surface area (Å²) < 4.78 is 1.70. The fourth-order valence-corrected chi connectivity index (χ4v) is 2.36. The molecule has 2 N–H and O–H groups in total. The summed E-state index contributed by atoms with van der Waals surface area (Å²) in [5.74, 6) is -0.217. The van der Waals surface area contributed by atoms with Crippen molar-refractivity contribution in [2.45, 2.75) is 20.8 Å². The van der Waals surface area contributed by atoms with E-state index in [0.717, 1.165) is 16.9 Å². The molecule has 2 aromatic heterocycles. The van der Waals surface area contributed by atoms with Gasteiger partial charge >= 0.3 is 5.69 Å². The molecule has 3 rings (SSSR count). The van der Waals surface area contributed by atoms with Crippen LogP contribution >= 0.6 is 0 Å². The van der Waals surface area contributed by atoms with Crippen molar-refractivity contribution in [1.29, 1.82) is 0 Å². The Balaban J connectivity index is 1.87. The number of aromatic amines is 1. The first-order chi connectivity index (χ1) is 11.4. The minimum absolute atomic E-state index is 0.198. The van der Waals surface area contributed by atoms with E-state index >= 15 is 0 Å². The van der Waals surface area contributed by atoms with Crippen molar-refractivity contribution in [2.24, 2.45) is 0 Å². The van der Waals surface area contributed by atoms with Crippen LogP contribution in [0.15, 0.2) is 41.2 Å². The molecule has 0 unspecified atom stereocenters. The molecule has 1 aromatic carbocycles. The molecular weight excluding hydrogens is 306 g/mol. The van der Waals surface area contributed by atoms with Gasteiger partial charge in [0.25, 0.3) is 5.91 Å². The van der Waals surface area contributed by atoms with Crippen LogP contribution in [0, 0.1) is 20.8 Å². The fourth-order valence-electron chi connectivity index (χ4n) is 2.36. The molecular formula is C17H17N5O2. The van der Waals surface area contributed by atoms with Gasteiger partial charge in [0.1, 0.15) is 5.82 Å². The molecule has 0 aliphatic rings. The molecule has 0 aliphatic heterocycles. The third-order valence-corrected chi connectivity index (χ3v) is 3.52. The lowest BCUT2D eigenvalue weighted by Gasteiger charge is -2.04. The first-order valence-electron chi connectivity index (χ1n) is 7.45. The molecule has 0 bridgehead atoms. The number of carbonyl (C=O) groups excluding carboxylic acids is 1. The highest BCUT2D eigenvalue weighted by atomic mass is 16.2. The van der Waals surface area contributed by atoms with Crippen LogP contribution in [0.4, 0.5) is 5.82 Å². The predicted octanol–water partition coefficient (Wildman–Crippen LogP) is 2.13. The average molecular weight is 323 g/mol. The van der Waals surface area contributed by atoms with E-state index in [1.807, 2.05) is 38.1 Å². The number of rotatable bonds is 3. The van der Waals surface area contributed by atoms with Crippen LogP contribution in [0.1, 0.15) is 27.4 Å². The van der Waals surface area contributed by atoms with Crippen molar-refractivity contribution in [1.82, 2.24) is 19.7 Å². The number of carbonyl (C=O) groups is 1. The van der Waals surface area contributed by atoms with Gasteiger partial charge in [-0.1, -0.05) is 17.7 Å². The van der Waals surface area contributed by atoms with Crippen LogP contribution in [0.3, 0.4) is 0 Å². The van der Waals surface area contributed by atoms with Crippen molar-refractivity contribution < 1.29 is 4.79 Å². The van der Waals surface area contributed by atoms with E-state index in [0.29, 0.717) is 5.69 Å². The van der Waals surface area contributed by atoms with Gasteiger partial charge in [-0.25, -0.2) is 9.48 Å². The van der Waals surface area contributed by atoms with E-state index in [1.165, 1.54) is 0 Å². The van der Waals surface area contributed by atoms with Crippen LogP contribution in [-0.4, -0.2) is 25.7 Å². The molecule has 0 saturated heterocycles. The van der Waals surface area contributed by atoms with Gasteiger partial charge in [-0.05, 0) is 39.0 Å². The van der Waals surface area contributed by atoms with Gasteiger partial charge < -0.3 is 10.3 Å². The minimum atomic E-state index is -0.508. The van der Waals surface area contributed by atoms with Crippen molar-refractivity contribution in [3.63, 3.8) is 0 Å². The number of amides is 1. The topological polar surface area (TPSA) is 92.7 Å². The van der Waals surface area contributed by atoms with E-state index in [1.54, 1.807) is 23.7 Å². The second-order valence-electron chi connectivity index (χ2n) is 5.63. The summed E-state index contributed by atoms with van der Waals surface area (Å²) >= 11 is 0. The number of anilines is 1. The van der Waals surface area contributed by atoms with Gasteiger partial charge in [-0.2, -0.15) is 10.1 Å². The highest BCUT2D eigenvalue weighted by Crippen LogP contribution is 2.14.